The highest BCUT2D eigenvalue weighted by molar-refractivity contribution is 7.98. The Morgan fingerprint density at radius 2 is 1.77 bits per heavy atom. The van der Waals surface area contributed by atoms with Crippen LogP contribution < -0.4 is 10.7 Å². The maximum atomic E-state index is 12.8. The Labute approximate surface area is 204 Å². The van der Waals surface area contributed by atoms with Crippen LogP contribution in [0.1, 0.15) is 21.5 Å². The molecule has 4 N–H and O–H groups in total. The number of hydrogen-bond acceptors (Lipinski definition) is 8. The van der Waals surface area contributed by atoms with E-state index in [1.54, 1.807) is 0 Å². The molecule has 0 bridgehead atoms. The summed E-state index contributed by atoms with van der Waals surface area (Å²) in [7, 11) is 0. The molecule has 0 saturated carbocycles. The number of nitrogens with zero attached hydrogens (tertiary/aromatic N) is 2. The maximum Gasteiger partial charge on any atom is 0.269 e. The number of phenolic OH excluding ortho intramolecular Hbond substituents is 2. The molecule has 2 amide bonds. The fourth-order valence-electron chi connectivity index (χ4n) is 2.91. The highest BCUT2D eigenvalue weighted by Crippen LogP contribution is 2.20. The monoisotopic (exact) mass is 494 g/mol. The molecule has 0 saturated heterocycles. The van der Waals surface area contributed by atoms with E-state index >= 15 is 0 Å². The Bertz CT molecular complexity index is 1220. The smallest absolute Gasteiger partial charge is 0.269 e. The van der Waals surface area contributed by atoms with Crippen molar-refractivity contribution in [3.63, 3.8) is 0 Å². The normalized spacial score (nSPS) is 11.7. The van der Waals surface area contributed by atoms with Gasteiger partial charge in [0.2, 0.25) is 0 Å². The number of carbonyl (C=O) groups excluding carboxylic acids is 2. The third kappa shape index (κ3) is 7.57. The lowest BCUT2D eigenvalue weighted by Crippen LogP contribution is -2.47. The highest BCUT2D eigenvalue weighted by atomic mass is 32.2. The standard InChI is InChI=1S/C24H22N4O6S/c29-20-11-8-18(22(30)12-20)13-25-27-24(32)21(15-35-14-16-4-2-1-3-5-16)26-23(31)17-6-9-19(10-7-17)28(33)34/h1-13,21,29-30H,14-15H2,(H,26,31)(H,27,32). The first-order valence-electron chi connectivity index (χ1n) is 10.4. The van der Waals surface area contributed by atoms with E-state index in [2.05, 4.69) is 15.8 Å². The average molecular weight is 495 g/mol. The van der Waals surface area contributed by atoms with Crippen LogP contribution in [-0.4, -0.2) is 45.0 Å². The minimum absolute atomic E-state index is 0.117. The van der Waals surface area contributed by atoms with Gasteiger partial charge < -0.3 is 15.5 Å². The number of non-ortho nitro benzene ring substituents is 1. The molecule has 0 radical (unpaired) electrons. The summed E-state index contributed by atoms with van der Waals surface area (Å²) in [6.07, 6.45) is 1.21. The molecule has 0 fully saturated rings. The molecule has 0 aliphatic heterocycles. The zero-order valence-corrected chi connectivity index (χ0v) is 19.1. The zero-order chi connectivity index (χ0) is 25.2. The van der Waals surface area contributed by atoms with Crippen molar-refractivity contribution in [2.45, 2.75) is 11.8 Å². The molecule has 3 aromatic carbocycles. The van der Waals surface area contributed by atoms with Crippen LogP contribution in [0.3, 0.4) is 0 Å². The van der Waals surface area contributed by atoms with E-state index in [0.717, 1.165) is 11.6 Å². The van der Waals surface area contributed by atoms with Crippen molar-refractivity contribution in [1.82, 2.24) is 10.7 Å². The molecule has 10 nitrogen and oxygen atoms in total. The first kappa shape index (κ1) is 25.2. The van der Waals surface area contributed by atoms with Gasteiger partial charge in [0.25, 0.3) is 17.5 Å². The Hall–Kier alpha value is -4.38. The van der Waals surface area contributed by atoms with Gasteiger partial charge in [0.1, 0.15) is 17.5 Å². The molecule has 180 valence electrons. The quantitative estimate of drug-likeness (QED) is 0.192. The van der Waals surface area contributed by atoms with Crippen molar-refractivity contribution >= 4 is 35.5 Å². The molecule has 35 heavy (non-hydrogen) atoms. The summed E-state index contributed by atoms with van der Waals surface area (Å²) in [5.74, 6) is -0.643. The van der Waals surface area contributed by atoms with E-state index in [1.807, 2.05) is 30.3 Å². The predicted molar refractivity (Wildman–Crippen MR) is 132 cm³/mol. The predicted octanol–water partition coefficient (Wildman–Crippen LogP) is 3.19. The number of hydrazone groups is 1. The van der Waals surface area contributed by atoms with Crippen LogP contribution in [0.5, 0.6) is 11.5 Å². The lowest BCUT2D eigenvalue weighted by molar-refractivity contribution is -0.384. The zero-order valence-electron chi connectivity index (χ0n) is 18.3. The number of rotatable bonds is 10. The maximum absolute atomic E-state index is 12.8. The third-order valence-corrected chi connectivity index (χ3v) is 5.86. The minimum atomic E-state index is -0.961. The first-order valence-corrected chi connectivity index (χ1v) is 11.5. The van der Waals surface area contributed by atoms with Crippen molar-refractivity contribution in [2.24, 2.45) is 5.10 Å². The van der Waals surface area contributed by atoms with Crippen LogP contribution in [0.2, 0.25) is 0 Å². The number of aromatic hydroxyl groups is 2. The number of amides is 2. The van der Waals surface area contributed by atoms with Gasteiger partial charge in [0, 0.05) is 40.8 Å². The van der Waals surface area contributed by atoms with Crippen molar-refractivity contribution in [2.75, 3.05) is 5.75 Å². The van der Waals surface area contributed by atoms with E-state index in [1.165, 1.54) is 54.4 Å². The first-order chi connectivity index (χ1) is 16.8. The van der Waals surface area contributed by atoms with Gasteiger partial charge >= 0.3 is 0 Å². The molecule has 0 heterocycles. The topological polar surface area (TPSA) is 154 Å². The Morgan fingerprint density at radius 3 is 2.43 bits per heavy atom. The van der Waals surface area contributed by atoms with Gasteiger partial charge in [-0.25, -0.2) is 5.43 Å². The average Bonchev–Trinajstić information content (AvgIpc) is 2.85. The van der Waals surface area contributed by atoms with Crippen molar-refractivity contribution in [1.29, 1.82) is 0 Å². The molecule has 1 atom stereocenters. The number of hydrogen-bond donors (Lipinski definition) is 4. The highest BCUT2D eigenvalue weighted by Gasteiger charge is 2.22. The molecular weight excluding hydrogens is 472 g/mol. The molecular formula is C24H22N4O6S. The van der Waals surface area contributed by atoms with Gasteiger partial charge in [-0.1, -0.05) is 30.3 Å². The second-order valence-electron chi connectivity index (χ2n) is 7.31. The lowest BCUT2D eigenvalue weighted by atomic mass is 10.2. The Balaban J connectivity index is 1.67. The summed E-state index contributed by atoms with van der Waals surface area (Å²) in [5.41, 5.74) is 3.68. The number of phenols is 2. The molecule has 11 heteroatoms. The fraction of sp³-hybridized carbons (Fsp3) is 0.125. The Morgan fingerprint density at radius 1 is 1.06 bits per heavy atom. The number of nitro groups is 1. The largest absolute Gasteiger partial charge is 0.508 e. The fourth-order valence-corrected chi connectivity index (χ4v) is 3.93. The summed E-state index contributed by atoms with van der Waals surface area (Å²) in [5, 5.41) is 36.5. The number of nitro benzene ring substituents is 1. The molecule has 0 aromatic heterocycles. The van der Waals surface area contributed by atoms with Gasteiger partial charge in [-0.3, -0.25) is 19.7 Å². The molecule has 0 aliphatic rings. The second-order valence-corrected chi connectivity index (χ2v) is 8.34. The van der Waals surface area contributed by atoms with Crippen LogP contribution in [0.4, 0.5) is 5.69 Å². The molecule has 0 spiro atoms. The van der Waals surface area contributed by atoms with Crippen molar-refractivity contribution in [3.8, 4) is 11.5 Å². The van der Waals surface area contributed by atoms with Crippen LogP contribution in [0.25, 0.3) is 0 Å². The summed E-state index contributed by atoms with van der Waals surface area (Å²) >= 11 is 1.44. The van der Waals surface area contributed by atoms with Crippen molar-refractivity contribution in [3.05, 3.63) is 99.6 Å². The summed E-state index contributed by atoms with van der Waals surface area (Å²) in [6, 6.07) is 17.6. The third-order valence-electron chi connectivity index (χ3n) is 4.75. The number of nitrogens with one attached hydrogen (secondary N) is 2. The number of thioether (sulfide) groups is 1. The molecule has 1 unspecified atom stereocenters. The van der Waals surface area contributed by atoms with E-state index < -0.39 is 22.8 Å². The SMILES string of the molecule is O=C(NC(CSCc1ccccc1)C(=O)NN=Cc1ccc(O)cc1O)c1ccc([N+](=O)[O-])cc1. The van der Waals surface area contributed by atoms with Gasteiger partial charge in [-0.2, -0.15) is 16.9 Å². The van der Waals surface area contributed by atoms with Crippen LogP contribution in [-0.2, 0) is 10.5 Å². The number of benzene rings is 3. The molecule has 3 rings (SSSR count). The summed E-state index contributed by atoms with van der Waals surface area (Å²) in [6.45, 7) is 0. The van der Waals surface area contributed by atoms with Crippen LogP contribution in [0, 0.1) is 10.1 Å². The minimum Gasteiger partial charge on any atom is -0.508 e. The lowest BCUT2D eigenvalue weighted by Gasteiger charge is -2.17. The summed E-state index contributed by atoms with van der Waals surface area (Å²) in [4.78, 5) is 35.7. The number of carbonyl (C=O) groups is 2. The van der Waals surface area contributed by atoms with Gasteiger partial charge in [-0.15, -0.1) is 0 Å². The Kier molecular flexibility index (Phi) is 8.79. The van der Waals surface area contributed by atoms with Crippen LogP contribution in [0.15, 0.2) is 77.9 Å². The van der Waals surface area contributed by atoms with Crippen molar-refractivity contribution < 1.29 is 24.7 Å². The van der Waals surface area contributed by atoms with E-state index in [9.17, 15) is 29.9 Å². The van der Waals surface area contributed by atoms with Crippen LogP contribution >= 0.6 is 11.8 Å². The van der Waals surface area contributed by atoms with Gasteiger partial charge in [0.05, 0.1) is 11.1 Å². The molecule has 0 aliphatic carbocycles. The van der Waals surface area contributed by atoms with E-state index in [0.29, 0.717) is 5.75 Å². The van der Waals surface area contributed by atoms with E-state index in [4.69, 9.17) is 0 Å². The van der Waals surface area contributed by atoms with Gasteiger partial charge in [0.15, 0.2) is 0 Å². The molecule has 3 aromatic rings. The van der Waals surface area contributed by atoms with Gasteiger partial charge in [-0.05, 0) is 29.8 Å². The second kappa shape index (κ2) is 12.2. The van der Waals surface area contributed by atoms with E-state index in [-0.39, 0.29) is 34.1 Å². The summed E-state index contributed by atoms with van der Waals surface area (Å²) < 4.78 is 0.